The SMILES string of the molecule is Cn1cc(CNc2nc(OC[C@@]34CCCN3C[C@H](F)C4)nc3c(Cl)c(-c4ccc(F)c5sc(NC(=O)OC(C)(C)C)c(C#N)c45)c4c(c23)COC4)nn1. The van der Waals surface area contributed by atoms with Gasteiger partial charge in [0.15, 0.2) is 0 Å². The molecule has 3 aromatic heterocycles. The molecule has 2 N–H and O–H groups in total. The molecule has 2 saturated heterocycles. The topological polar surface area (TPSA) is 152 Å². The van der Waals surface area contributed by atoms with Crippen LogP contribution in [0.3, 0.4) is 0 Å². The second-order valence-corrected chi connectivity index (χ2v) is 16.1. The predicted molar refractivity (Wildman–Crippen MR) is 195 cm³/mol. The van der Waals surface area contributed by atoms with Crippen LogP contribution in [-0.2, 0) is 36.3 Å². The molecule has 0 unspecified atom stereocenters. The van der Waals surface area contributed by atoms with Crippen molar-refractivity contribution in [2.45, 2.75) is 77.1 Å². The molecule has 8 rings (SSSR count). The van der Waals surface area contributed by atoms with Gasteiger partial charge in [0.05, 0.1) is 51.5 Å². The lowest BCUT2D eigenvalue weighted by Crippen LogP contribution is -2.43. The first-order chi connectivity index (χ1) is 25.3. The summed E-state index contributed by atoms with van der Waals surface area (Å²) in [7, 11) is 1.78. The zero-order chi connectivity index (χ0) is 37.2. The minimum absolute atomic E-state index is 0.0516. The van der Waals surface area contributed by atoms with Crippen molar-refractivity contribution in [3.8, 4) is 23.2 Å². The van der Waals surface area contributed by atoms with Gasteiger partial charge in [0.2, 0.25) is 0 Å². The molecule has 2 fully saturated rings. The number of hydrogen-bond donors (Lipinski definition) is 2. The second-order valence-electron chi connectivity index (χ2n) is 14.7. The highest BCUT2D eigenvalue weighted by Gasteiger charge is 2.49. The summed E-state index contributed by atoms with van der Waals surface area (Å²) < 4.78 is 49.6. The number of hydrogen-bond acceptors (Lipinski definition) is 12. The van der Waals surface area contributed by atoms with Crippen molar-refractivity contribution in [2.75, 3.05) is 30.3 Å². The highest BCUT2D eigenvalue weighted by Crippen LogP contribution is 2.50. The largest absolute Gasteiger partial charge is 0.461 e. The Morgan fingerprint density at radius 2 is 2.06 bits per heavy atom. The van der Waals surface area contributed by atoms with E-state index in [0.717, 1.165) is 41.9 Å². The first-order valence-corrected chi connectivity index (χ1v) is 18.4. The normalized spacial score (nSPS) is 19.8. The number of fused-ring (bicyclic) bond motifs is 5. The number of nitrogens with one attached hydrogen (secondary N) is 2. The van der Waals surface area contributed by atoms with Gasteiger partial charge in [-0.15, -0.1) is 16.4 Å². The smallest absolute Gasteiger partial charge is 0.412 e. The van der Waals surface area contributed by atoms with E-state index >= 15 is 4.39 Å². The Morgan fingerprint density at radius 3 is 2.81 bits per heavy atom. The molecule has 6 heterocycles. The molecule has 0 saturated carbocycles. The number of alkyl halides is 1. The summed E-state index contributed by atoms with van der Waals surface area (Å²) in [5, 5.41) is 25.9. The Bertz CT molecular complexity index is 2340. The van der Waals surface area contributed by atoms with Gasteiger partial charge in [-0.2, -0.15) is 15.2 Å². The van der Waals surface area contributed by atoms with Crippen LogP contribution in [0.15, 0.2) is 18.3 Å². The van der Waals surface area contributed by atoms with Crippen LogP contribution in [0.25, 0.3) is 32.1 Å². The summed E-state index contributed by atoms with van der Waals surface area (Å²) in [6.07, 6.45) is 2.22. The number of nitrogens with zero attached hydrogens (tertiary/aromatic N) is 7. The van der Waals surface area contributed by atoms with Crippen molar-refractivity contribution in [1.82, 2.24) is 29.9 Å². The molecule has 1 amide bonds. The molecule has 276 valence electrons. The number of halogens is 3. The molecule has 5 aromatic rings. The van der Waals surface area contributed by atoms with Crippen molar-refractivity contribution >= 4 is 60.8 Å². The van der Waals surface area contributed by atoms with Crippen LogP contribution in [-0.4, -0.2) is 73.0 Å². The predicted octanol–water partition coefficient (Wildman–Crippen LogP) is 7.25. The molecular formula is C36H36ClF2N9O4S. The average Bonchev–Trinajstić information content (AvgIpc) is 3.92. The second kappa shape index (κ2) is 13.3. The van der Waals surface area contributed by atoms with Crippen LogP contribution in [0.5, 0.6) is 6.01 Å². The van der Waals surface area contributed by atoms with Crippen LogP contribution in [0.1, 0.15) is 62.4 Å². The summed E-state index contributed by atoms with van der Waals surface area (Å²) in [5.74, 6) is -0.133. The number of rotatable bonds is 8. The number of benzene rings is 2. The minimum atomic E-state index is -0.928. The molecular weight excluding hydrogens is 728 g/mol. The van der Waals surface area contributed by atoms with Gasteiger partial charge in [-0.1, -0.05) is 22.9 Å². The third-order valence-electron chi connectivity index (χ3n) is 9.88. The molecule has 13 nitrogen and oxygen atoms in total. The third kappa shape index (κ3) is 6.39. The number of ether oxygens (including phenoxy) is 3. The fraction of sp³-hybridized carbons (Fsp3) is 0.444. The first-order valence-electron chi connectivity index (χ1n) is 17.2. The Balaban J connectivity index is 1.28. The Kier molecular flexibility index (Phi) is 8.88. The molecule has 0 bridgehead atoms. The summed E-state index contributed by atoms with van der Waals surface area (Å²) in [5.41, 5.74) is 2.33. The summed E-state index contributed by atoms with van der Waals surface area (Å²) in [4.78, 5) is 24.6. The highest BCUT2D eigenvalue weighted by atomic mass is 35.5. The molecule has 53 heavy (non-hydrogen) atoms. The van der Waals surface area contributed by atoms with Crippen LogP contribution >= 0.6 is 22.9 Å². The van der Waals surface area contributed by atoms with Gasteiger partial charge in [-0.25, -0.2) is 13.6 Å². The molecule has 2 aromatic carbocycles. The van der Waals surface area contributed by atoms with Gasteiger partial charge in [0.25, 0.3) is 0 Å². The van der Waals surface area contributed by atoms with Crippen molar-refractivity contribution in [3.05, 3.63) is 51.6 Å². The van der Waals surface area contributed by atoms with E-state index < -0.39 is 29.2 Å². The summed E-state index contributed by atoms with van der Waals surface area (Å²) in [6, 6.07) is 5.10. The number of amides is 1. The van der Waals surface area contributed by atoms with Crippen molar-refractivity contribution in [3.63, 3.8) is 0 Å². The van der Waals surface area contributed by atoms with Gasteiger partial charge in [-0.3, -0.25) is 14.9 Å². The van der Waals surface area contributed by atoms with E-state index in [-0.39, 0.29) is 58.0 Å². The third-order valence-corrected chi connectivity index (χ3v) is 11.4. The number of aromatic nitrogens is 5. The number of carbonyl (C=O) groups is 1. The summed E-state index contributed by atoms with van der Waals surface area (Å²) in [6.45, 7) is 7.22. The Morgan fingerprint density at radius 1 is 1.25 bits per heavy atom. The average molecular weight is 764 g/mol. The van der Waals surface area contributed by atoms with Crippen molar-refractivity contribution < 1.29 is 27.8 Å². The molecule has 17 heteroatoms. The van der Waals surface area contributed by atoms with E-state index in [1.54, 1.807) is 44.8 Å². The van der Waals surface area contributed by atoms with Gasteiger partial charge in [0.1, 0.15) is 46.8 Å². The van der Waals surface area contributed by atoms with Gasteiger partial charge in [0, 0.05) is 37.2 Å². The molecule has 0 aliphatic carbocycles. The lowest BCUT2D eigenvalue weighted by molar-refractivity contribution is 0.0636. The number of aryl methyl sites for hydroxylation is 1. The fourth-order valence-electron chi connectivity index (χ4n) is 7.75. The molecule has 3 aliphatic rings. The van der Waals surface area contributed by atoms with Crippen LogP contribution in [0.4, 0.5) is 24.4 Å². The van der Waals surface area contributed by atoms with Crippen LogP contribution < -0.4 is 15.4 Å². The zero-order valence-corrected chi connectivity index (χ0v) is 31.1. The molecule has 0 radical (unpaired) electrons. The maximum Gasteiger partial charge on any atom is 0.412 e. The van der Waals surface area contributed by atoms with E-state index in [2.05, 4.69) is 31.9 Å². The van der Waals surface area contributed by atoms with E-state index in [9.17, 15) is 14.4 Å². The minimum Gasteiger partial charge on any atom is -0.461 e. The number of anilines is 2. The maximum absolute atomic E-state index is 15.5. The van der Waals surface area contributed by atoms with E-state index in [4.69, 9.17) is 35.8 Å². The summed E-state index contributed by atoms with van der Waals surface area (Å²) >= 11 is 8.32. The Labute approximate surface area is 312 Å². The first kappa shape index (κ1) is 35.3. The molecule has 3 aliphatic heterocycles. The van der Waals surface area contributed by atoms with Crippen molar-refractivity contribution in [1.29, 1.82) is 5.26 Å². The van der Waals surface area contributed by atoms with Gasteiger partial charge >= 0.3 is 12.1 Å². The maximum atomic E-state index is 15.5. The van der Waals surface area contributed by atoms with Crippen LogP contribution in [0, 0.1) is 17.1 Å². The number of carbonyl (C=O) groups excluding carboxylic acids is 1. The van der Waals surface area contributed by atoms with Gasteiger partial charge < -0.3 is 19.5 Å². The lowest BCUT2D eigenvalue weighted by Gasteiger charge is -2.30. The number of thiophene rings is 1. The quantitative estimate of drug-likeness (QED) is 0.164. The van der Waals surface area contributed by atoms with E-state index in [0.29, 0.717) is 46.5 Å². The molecule has 2 atom stereocenters. The zero-order valence-electron chi connectivity index (χ0n) is 29.5. The van der Waals surface area contributed by atoms with Gasteiger partial charge in [-0.05, 0) is 62.9 Å². The molecule has 0 spiro atoms. The van der Waals surface area contributed by atoms with E-state index in [1.807, 2.05) is 0 Å². The highest BCUT2D eigenvalue weighted by molar-refractivity contribution is 7.23. The monoisotopic (exact) mass is 763 g/mol. The van der Waals surface area contributed by atoms with Crippen LogP contribution in [0.2, 0.25) is 5.02 Å². The number of nitriles is 1. The van der Waals surface area contributed by atoms with Crippen molar-refractivity contribution in [2.24, 2.45) is 7.05 Å². The fourth-order valence-corrected chi connectivity index (χ4v) is 9.17. The van der Waals surface area contributed by atoms with E-state index in [1.165, 1.54) is 6.07 Å². The Hall–Kier alpha value is -4.69. The lowest BCUT2D eigenvalue weighted by atomic mass is 9.91. The standard InChI is InChI=1S/C36H36ClF2N9O4S/c1-35(2,3)52-34(49)44-32-21(11-40)26-20(6-7-24(39)30(26)53-32)25-22-15-50-16-23(22)27-29(28(25)37)42-33(43-31(27)41-12-19-14-47(4)46-45-19)51-17-36-8-5-9-48(36)13-18(38)10-36/h6-7,14,18H,5,8-10,12-13,15-17H2,1-4H3,(H,44,49)(H,41,42,43)/t18-,36+/m1/s1.